The first-order valence-electron chi connectivity index (χ1n) is 11.0. The summed E-state index contributed by atoms with van der Waals surface area (Å²) in [6.07, 6.45) is 0.328. The molecule has 0 bridgehead atoms. The molecule has 2 aromatic rings. The fraction of sp³-hybridized carbons (Fsp3) is 0.500. The number of nitrogens with zero attached hydrogens (tertiary/aromatic N) is 4. The summed E-state index contributed by atoms with van der Waals surface area (Å²) in [7, 11) is 1.45. The molecule has 2 aliphatic rings. The van der Waals surface area contributed by atoms with E-state index in [1.54, 1.807) is 18.2 Å². The van der Waals surface area contributed by atoms with Crippen LogP contribution in [0.3, 0.4) is 0 Å². The van der Waals surface area contributed by atoms with Gasteiger partial charge in [-0.2, -0.15) is 5.10 Å². The van der Waals surface area contributed by atoms with Gasteiger partial charge < -0.3 is 0 Å². The molecule has 0 saturated heterocycles. The Bertz CT molecular complexity index is 1080. The molecule has 2 N–H and O–H groups in total. The van der Waals surface area contributed by atoms with Gasteiger partial charge in [-0.1, -0.05) is 25.3 Å². The molecule has 0 amide bonds. The van der Waals surface area contributed by atoms with E-state index >= 15 is 0 Å². The maximum absolute atomic E-state index is 13.7. The van der Waals surface area contributed by atoms with Crippen LogP contribution in [0.15, 0.2) is 34.9 Å². The Balaban J connectivity index is 1.82. The van der Waals surface area contributed by atoms with Crippen molar-refractivity contribution < 1.29 is 17.6 Å². The molecule has 0 atom stereocenters. The number of halogens is 4. The molecule has 3 heterocycles. The van der Waals surface area contributed by atoms with Crippen LogP contribution in [0.4, 0.5) is 17.6 Å². The normalized spacial score (nSPS) is 17.4. The molecule has 0 radical (unpaired) electrons. The van der Waals surface area contributed by atoms with Crippen molar-refractivity contribution in [2.45, 2.75) is 63.8 Å². The second-order valence-corrected chi connectivity index (χ2v) is 8.34. The SMILES string of the molecule is CN1NNC(c2cc(C3CCCCC3)c(=O)n(Cc3ncccc3CC(F)F)n2)=C1C(F)F. The van der Waals surface area contributed by atoms with Crippen LogP contribution in [0.2, 0.25) is 0 Å². The van der Waals surface area contributed by atoms with Crippen LogP contribution in [-0.2, 0) is 13.0 Å². The van der Waals surface area contributed by atoms with E-state index in [1.807, 2.05) is 0 Å². The van der Waals surface area contributed by atoms with Crippen LogP contribution in [0.25, 0.3) is 5.70 Å². The molecule has 0 spiro atoms. The minimum Gasteiger partial charge on any atom is -0.300 e. The molecule has 0 aromatic carbocycles. The van der Waals surface area contributed by atoms with Crippen molar-refractivity contribution in [2.75, 3.05) is 7.05 Å². The summed E-state index contributed by atoms with van der Waals surface area (Å²) in [6.45, 7) is -0.129. The summed E-state index contributed by atoms with van der Waals surface area (Å²) in [4.78, 5) is 17.6. The van der Waals surface area contributed by atoms with E-state index in [4.69, 9.17) is 0 Å². The Morgan fingerprint density at radius 1 is 1.18 bits per heavy atom. The molecular weight excluding hydrogens is 440 g/mol. The van der Waals surface area contributed by atoms with Gasteiger partial charge in [-0.15, -0.1) is 5.53 Å². The zero-order valence-electron chi connectivity index (χ0n) is 18.2. The van der Waals surface area contributed by atoms with Crippen molar-refractivity contribution in [3.8, 4) is 0 Å². The van der Waals surface area contributed by atoms with Crippen molar-refractivity contribution in [3.63, 3.8) is 0 Å². The third-order valence-corrected chi connectivity index (χ3v) is 6.13. The average molecular weight is 466 g/mol. The van der Waals surface area contributed by atoms with Crippen LogP contribution in [0, 0.1) is 0 Å². The molecule has 1 aliphatic carbocycles. The number of hydrogen-bond donors (Lipinski definition) is 2. The Morgan fingerprint density at radius 2 is 1.94 bits per heavy atom. The quantitative estimate of drug-likeness (QED) is 0.609. The topological polar surface area (TPSA) is 75.1 Å². The van der Waals surface area contributed by atoms with Crippen molar-refractivity contribution >= 4 is 5.70 Å². The molecule has 1 aliphatic heterocycles. The summed E-state index contributed by atoms with van der Waals surface area (Å²) >= 11 is 0. The van der Waals surface area contributed by atoms with E-state index in [1.165, 1.54) is 13.2 Å². The number of hydrazine groups is 2. The molecule has 33 heavy (non-hydrogen) atoms. The fourth-order valence-corrected chi connectivity index (χ4v) is 4.49. The number of allylic oxidation sites excluding steroid dienone is 1. The van der Waals surface area contributed by atoms with E-state index in [2.05, 4.69) is 21.0 Å². The lowest BCUT2D eigenvalue weighted by Gasteiger charge is -2.23. The number of aromatic nitrogens is 3. The van der Waals surface area contributed by atoms with Crippen LogP contribution < -0.4 is 16.5 Å². The third kappa shape index (κ3) is 5.02. The minimum atomic E-state index is -2.78. The molecule has 0 unspecified atom stereocenters. The molecule has 1 fully saturated rings. The predicted molar refractivity (Wildman–Crippen MR) is 114 cm³/mol. The van der Waals surface area contributed by atoms with E-state index in [-0.39, 0.29) is 35.1 Å². The highest BCUT2D eigenvalue weighted by molar-refractivity contribution is 5.65. The average Bonchev–Trinajstić information content (AvgIpc) is 3.18. The highest BCUT2D eigenvalue weighted by Crippen LogP contribution is 2.32. The van der Waals surface area contributed by atoms with E-state index in [0.717, 1.165) is 41.8 Å². The van der Waals surface area contributed by atoms with Crippen LogP contribution in [-0.4, -0.2) is 39.7 Å². The van der Waals surface area contributed by atoms with Crippen molar-refractivity contribution in [1.82, 2.24) is 30.7 Å². The molecule has 178 valence electrons. The van der Waals surface area contributed by atoms with Gasteiger partial charge in [0.05, 0.1) is 12.2 Å². The standard InChI is InChI=1S/C22H26F4N6O/c1-31-20(21(25)26)19(28-30-31)16-11-15(13-6-3-2-4-7-13)22(33)32(29-16)12-17-14(10-18(23)24)8-5-9-27-17/h5,8-9,11,13,18,21,28,30H,2-4,6-7,10,12H2,1H3. The van der Waals surface area contributed by atoms with E-state index in [0.29, 0.717) is 16.8 Å². The predicted octanol–water partition coefficient (Wildman–Crippen LogP) is 3.43. The maximum atomic E-state index is 13.7. The smallest absolute Gasteiger partial charge is 0.281 e. The summed E-state index contributed by atoms with van der Waals surface area (Å²) < 4.78 is 54.7. The van der Waals surface area contributed by atoms with Crippen molar-refractivity contribution in [3.05, 3.63) is 63.0 Å². The summed E-state index contributed by atoms with van der Waals surface area (Å²) in [6, 6.07) is 4.68. The van der Waals surface area contributed by atoms with Gasteiger partial charge in [-0.25, -0.2) is 22.2 Å². The maximum Gasteiger partial charge on any atom is 0.281 e. The lowest BCUT2D eigenvalue weighted by Crippen LogP contribution is -2.36. The largest absolute Gasteiger partial charge is 0.300 e. The van der Waals surface area contributed by atoms with Gasteiger partial charge in [0.25, 0.3) is 12.0 Å². The lowest BCUT2D eigenvalue weighted by molar-refractivity contribution is 0.138. The van der Waals surface area contributed by atoms with Gasteiger partial charge in [0.15, 0.2) is 0 Å². The summed E-state index contributed by atoms with van der Waals surface area (Å²) in [5.41, 5.74) is 6.08. The molecule has 11 heteroatoms. The minimum absolute atomic E-state index is 0.00814. The number of pyridine rings is 1. The Hall–Kier alpha value is -2.95. The Kier molecular flexibility index (Phi) is 6.96. The molecular formula is C22H26F4N6O. The number of rotatable bonds is 7. The van der Waals surface area contributed by atoms with E-state index < -0.39 is 19.3 Å². The Morgan fingerprint density at radius 3 is 2.64 bits per heavy atom. The fourth-order valence-electron chi connectivity index (χ4n) is 4.49. The second kappa shape index (κ2) is 9.90. The summed E-state index contributed by atoms with van der Waals surface area (Å²) in [5, 5.41) is 5.51. The van der Waals surface area contributed by atoms with Crippen LogP contribution >= 0.6 is 0 Å². The lowest BCUT2D eigenvalue weighted by atomic mass is 9.84. The van der Waals surface area contributed by atoms with Crippen LogP contribution in [0.1, 0.15) is 60.5 Å². The first-order valence-corrected chi connectivity index (χ1v) is 11.0. The van der Waals surface area contributed by atoms with Gasteiger partial charge in [0, 0.05) is 25.2 Å². The highest BCUT2D eigenvalue weighted by atomic mass is 19.3. The van der Waals surface area contributed by atoms with Crippen LogP contribution in [0.5, 0.6) is 0 Å². The second-order valence-electron chi connectivity index (χ2n) is 8.34. The van der Waals surface area contributed by atoms with Crippen molar-refractivity contribution in [1.29, 1.82) is 0 Å². The molecule has 7 nitrogen and oxygen atoms in total. The van der Waals surface area contributed by atoms with Crippen molar-refractivity contribution in [2.24, 2.45) is 0 Å². The highest BCUT2D eigenvalue weighted by Gasteiger charge is 2.30. The van der Waals surface area contributed by atoms with Gasteiger partial charge >= 0.3 is 0 Å². The first-order chi connectivity index (χ1) is 15.8. The molecule has 4 rings (SSSR count). The van der Waals surface area contributed by atoms with Gasteiger partial charge in [0.1, 0.15) is 17.1 Å². The monoisotopic (exact) mass is 466 g/mol. The summed E-state index contributed by atoms with van der Waals surface area (Å²) in [5.74, 6) is -0.00814. The van der Waals surface area contributed by atoms with Gasteiger partial charge in [0.2, 0.25) is 6.43 Å². The number of alkyl halides is 4. The Labute approximate surface area is 188 Å². The number of hydrogen-bond acceptors (Lipinski definition) is 6. The molecule has 2 aromatic heterocycles. The van der Waals surface area contributed by atoms with E-state index in [9.17, 15) is 22.4 Å². The van der Waals surface area contributed by atoms with Gasteiger partial charge in [-0.05, 0) is 36.5 Å². The zero-order chi connectivity index (χ0) is 23.5. The van der Waals surface area contributed by atoms with Gasteiger partial charge in [-0.3, -0.25) is 20.2 Å². The third-order valence-electron chi connectivity index (χ3n) is 6.13. The zero-order valence-corrected chi connectivity index (χ0v) is 18.2. The first kappa shape index (κ1) is 23.2. The molecule has 1 saturated carbocycles. The number of nitrogens with one attached hydrogen (secondary N) is 2.